The molecular formula is C19H15ClF2N2. The maximum absolute atomic E-state index is 13.1. The van der Waals surface area contributed by atoms with Gasteiger partial charge in [0.2, 0.25) is 0 Å². The van der Waals surface area contributed by atoms with Gasteiger partial charge in [-0.05, 0) is 17.7 Å². The third kappa shape index (κ3) is 3.24. The van der Waals surface area contributed by atoms with E-state index < -0.39 is 13.0 Å². The van der Waals surface area contributed by atoms with E-state index in [0.717, 1.165) is 11.1 Å². The molecule has 0 aliphatic carbocycles. The summed E-state index contributed by atoms with van der Waals surface area (Å²) < 4.78 is 26.3. The van der Waals surface area contributed by atoms with Gasteiger partial charge >= 0.3 is 0 Å². The van der Waals surface area contributed by atoms with E-state index >= 15 is 0 Å². The summed E-state index contributed by atoms with van der Waals surface area (Å²) >= 11 is 6.30. The van der Waals surface area contributed by atoms with Crippen LogP contribution in [0.2, 0.25) is 5.02 Å². The lowest BCUT2D eigenvalue weighted by Gasteiger charge is -2.33. The maximum Gasteiger partial charge on any atom is 0.256 e. The molecule has 0 amide bonds. The normalized spacial score (nSPS) is 14.7. The van der Waals surface area contributed by atoms with Crippen LogP contribution in [-0.2, 0) is 0 Å². The summed E-state index contributed by atoms with van der Waals surface area (Å²) in [6.07, 6.45) is 4.22. The summed E-state index contributed by atoms with van der Waals surface area (Å²) in [5, 5.41) is 0.406. The fraction of sp³-hybridized carbons (Fsp3) is 0.105. The molecule has 3 rings (SSSR count). The van der Waals surface area contributed by atoms with E-state index in [-0.39, 0.29) is 0 Å². The highest BCUT2D eigenvalue weighted by atomic mass is 35.5. The third-order valence-electron chi connectivity index (χ3n) is 3.75. The maximum atomic E-state index is 13.1. The molecule has 1 aromatic heterocycles. The summed E-state index contributed by atoms with van der Waals surface area (Å²) in [6, 6.07) is 11.3. The van der Waals surface area contributed by atoms with Crippen LogP contribution in [0.5, 0.6) is 0 Å². The van der Waals surface area contributed by atoms with Gasteiger partial charge in [0.05, 0.1) is 17.3 Å². The van der Waals surface area contributed by atoms with E-state index in [4.69, 9.17) is 11.6 Å². The fourth-order valence-electron chi connectivity index (χ4n) is 2.69. The molecule has 0 saturated carbocycles. The van der Waals surface area contributed by atoms with Crippen molar-refractivity contribution in [2.45, 2.75) is 6.43 Å². The molecule has 0 unspecified atom stereocenters. The summed E-state index contributed by atoms with van der Waals surface area (Å²) in [4.78, 5) is 5.49. The molecule has 24 heavy (non-hydrogen) atoms. The molecule has 1 aliphatic heterocycles. The average molecular weight is 345 g/mol. The Bertz CT molecular complexity index is 813. The Morgan fingerprint density at radius 2 is 1.88 bits per heavy atom. The van der Waals surface area contributed by atoms with E-state index in [1.54, 1.807) is 18.3 Å². The summed E-state index contributed by atoms with van der Waals surface area (Å²) in [6.45, 7) is 3.44. The van der Waals surface area contributed by atoms with Gasteiger partial charge in [0.25, 0.3) is 6.43 Å². The monoisotopic (exact) mass is 344 g/mol. The molecule has 2 heterocycles. The quantitative estimate of drug-likeness (QED) is 0.752. The van der Waals surface area contributed by atoms with E-state index in [2.05, 4.69) is 11.6 Å². The average Bonchev–Trinajstić information content (AvgIpc) is 2.58. The standard InChI is InChI=1S/C19H15ClF2N2/c1-13-7-8-15(14-5-3-2-4-6-14)19(24(13)12-18(21)22)16-9-10-23-11-17(16)20/h2-11,18H,1,12H2. The van der Waals surface area contributed by atoms with Gasteiger partial charge in [-0.1, -0.05) is 54.6 Å². The lowest BCUT2D eigenvalue weighted by molar-refractivity contribution is 0.123. The number of halogens is 3. The fourth-order valence-corrected chi connectivity index (χ4v) is 2.90. The van der Waals surface area contributed by atoms with Crippen molar-refractivity contribution in [3.05, 3.63) is 89.4 Å². The van der Waals surface area contributed by atoms with E-state index in [1.165, 1.54) is 11.1 Å². The minimum Gasteiger partial charge on any atom is -0.335 e. The first kappa shape index (κ1) is 16.4. The van der Waals surface area contributed by atoms with Gasteiger partial charge in [0, 0.05) is 29.2 Å². The Labute approximate surface area is 144 Å². The van der Waals surface area contributed by atoms with Crippen LogP contribution >= 0.6 is 11.6 Å². The molecule has 1 aliphatic rings. The lowest BCUT2D eigenvalue weighted by Crippen LogP contribution is -2.28. The number of alkyl halides is 2. The molecule has 122 valence electrons. The number of pyridine rings is 1. The molecule has 0 N–H and O–H groups in total. The highest BCUT2D eigenvalue weighted by molar-refractivity contribution is 6.32. The third-order valence-corrected chi connectivity index (χ3v) is 4.05. The van der Waals surface area contributed by atoms with Crippen LogP contribution < -0.4 is 0 Å². The molecule has 5 heteroatoms. The van der Waals surface area contributed by atoms with Crippen molar-refractivity contribution in [1.82, 2.24) is 9.88 Å². The molecule has 0 saturated heterocycles. The molecule has 0 fully saturated rings. The number of rotatable bonds is 4. The zero-order valence-corrected chi connectivity index (χ0v) is 13.5. The van der Waals surface area contributed by atoms with E-state index in [1.807, 2.05) is 36.4 Å². The second-order valence-electron chi connectivity index (χ2n) is 5.31. The summed E-state index contributed by atoms with van der Waals surface area (Å²) in [5.41, 5.74) is 3.50. The Morgan fingerprint density at radius 3 is 2.54 bits per heavy atom. The van der Waals surface area contributed by atoms with E-state index in [0.29, 0.717) is 22.0 Å². The van der Waals surface area contributed by atoms with Crippen LogP contribution in [0, 0.1) is 0 Å². The Hall–Kier alpha value is -2.46. The first-order valence-electron chi connectivity index (χ1n) is 7.40. The number of hydrogen-bond acceptors (Lipinski definition) is 2. The van der Waals surface area contributed by atoms with Crippen LogP contribution in [-0.4, -0.2) is 22.9 Å². The van der Waals surface area contributed by atoms with Crippen LogP contribution in [0.3, 0.4) is 0 Å². The highest BCUT2D eigenvalue weighted by Crippen LogP contribution is 2.38. The lowest BCUT2D eigenvalue weighted by atomic mass is 9.95. The number of hydrogen-bond donors (Lipinski definition) is 0. The Morgan fingerprint density at radius 1 is 1.12 bits per heavy atom. The first-order valence-corrected chi connectivity index (χ1v) is 7.78. The molecule has 2 aromatic rings. The van der Waals surface area contributed by atoms with Crippen molar-refractivity contribution < 1.29 is 8.78 Å². The molecule has 0 bridgehead atoms. The van der Waals surface area contributed by atoms with Crippen LogP contribution in [0.1, 0.15) is 11.1 Å². The number of benzene rings is 1. The molecule has 2 nitrogen and oxygen atoms in total. The van der Waals surface area contributed by atoms with Gasteiger partial charge in [-0.15, -0.1) is 0 Å². The summed E-state index contributed by atoms with van der Waals surface area (Å²) in [7, 11) is 0. The number of aromatic nitrogens is 1. The van der Waals surface area contributed by atoms with Crippen LogP contribution in [0.25, 0.3) is 11.3 Å². The minimum atomic E-state index is -2.50. The Kier molecular flexibility index (Phi) is 4.76. The molecule has 1 aromatic carbocycles. The van der Waals surface area contributed by atoms with Gasteiger partial charge in [0.15, 0.2) is 0 Å². The molecule has 0 atom stereocenters. The van der Waals surface area contributed by atoms with Gasteiger partial charge in [-0.2, -0.15) is 0 Å². The molecular weight excluding hydrogens is 330 g/mol. The van der Waals surface area contributed by atoms with Crippen molar-refractivity contribution >= 4 is 22.9 Å². The van der Waals surface area contributed by atoms with Crippen molar-refractivity contribution in [2.75, 3.05) is 6.54 Å². The van der Waals surface area contributed by atoms with Crippen molar-refractivity contribution in [1.29, 1.82) is 0 Å². The zero-order chi connectivity index (χ0) is 17.1. The zero-order valence-electron chi connectivity index (χ0n) is 12.8. The summed E-state index contributed by atoms with van der Waals surface area (Å²) in [5.74, 6) is 0. The van der Waals surface area contributed by atoms with Gasteiger partial charge < -0.3 is 4.90 Å². The van der Waals surface area contributed by atoms with Crippen molar-refractivity contribution in [3.8, 4) is 0 Å². The smallest absolute Gasteiger partial charge is 0.256 e. The topological polar surface area (TPSA) is 16.1 Å². The second kappa shape index (κ2) is 6.97. The first-order chi connectivity index (χ1) is 11.6. The van der Waals surface area contributed by atoms with Gasteiger partial charge in [-0.3, -0.25) is 4.98 Å². The van der Waals surface area contributed by atoms with Crippen molar-refractivity contribution in [2.24, 2.45) is 0 Å². The SMILES string of the molecule is C=C1C=CC(c2ccccc2)=C(c2ccncc2Cl)N1CC(F)F. The molecule has 0 radical (unpaired) electrons. The highest BCUT2D eigenvalue weighted by Gasteiger charge is 2.25. The van der Waals surface area contributed by atoms with Crippen LogP contribution in [0.4, 0.5) is 8.78 Å². The number of allylic oxidation sites excluding steroid dienone is 3. The van der Waals surface area contributed by atoms with Gasteiger partial charge in [-0.25, -0.2) is 8.78 Å². The number of nitrogens with zero attached hydrogens (tertiary/aromatic N) is 2. The predicted molar refractivity (Wildman–Crippen MR) is 93.5 cm³/mol. The molecule has 0 spiro atoms. The predicted octanol–water partition coefficient (Wildman–Crippen LogP) is 5.25. The van der Waals surface area contributed by atoms with E-state index in [9.17, 15) is 8.78 Å². The Balaban J connectivity index is 2.24. The minimum absolute atomic E-state index is 0.406. The van der Waals surface area contributed by atoms with Gasteiger partial charge in [0.1, 0.15) is 0 Å². The van der Waals surface area contributed by atoms with Crippen LogP contribution in [0.15, 0.2) is 73.2 Å². The second-order valence-corrected chi connectivity index (χ2v) is 5.72. The largest absolute Gasteiger partial charge is 0.335 e. The van der Waals surface area contributed by atoms with Crippen molar-refractivity contribution in [3.63, 3.8) is 0 Å².